The Bertz CT molecular complexity index is 499. The number of aromatic nitrogens is 1. The van der Waals surface area contributed by atoms with Crippen LogP contribution in [0, 0.1) is 0 Å². The van der Waals surface area contributed by atoms with Crippen LogP contribution in [0.5, 0.6) is 0 Å². The first-order valence-corrected chi connectivity index (χ1v) is 7.21. The van der Waals surface area contributed by atoms with E-state index in [2.05, 4.69) is 11.8 Å². The van der Waals surface area contributed by atoms with E-state index in [4.69, 9.17) is 0 Å². The predicted molar refractivity (Wildman–Crippen MR) is 76.4 cm³/mol. The average Bonchev–Trinajstić information content (AvgIpc) is 2.85. The largest absolute Gasteiger partial charge is 0.477 e. The summed E-state index contributed by atoms with van der Waals surface area (Å²) >= 11 is 0. The fraction of sp³-hybridized carbons (Fsp3) is 0.600. The molecule has 0 spiro atoms. The molecule has 0 radical (unpaired) electrons. The van der Waals surface area contributed by atoms with Crippen LogP contribution in [0.3, 0.4) is 0 Å². The third-order valence-electron chi connectivity index (χ3n) is 3.96. The lowest BCUT2D eigenvalue weighted by atomic mass is 10.0. The van der Waals surface area contributed by atoms with Crippen molar-refractivity contribution in [2.45, 2.75) is 39.2 Å². The van der Waals surface area contributed by atoms with Gasteiger partial charge in [0.05, 0.1) is 0 Å². The highest BCUT2D eigenvalue weighted by atomic mass is 16.4. The lowest BCUT2D eigenvalue weighted by Crippen LogP contribution is -2.35. The molecule has 2 heterocycles. The summed E-state index contributed by atoms with van der Waals surface area (Å²) in [5.41, 5.74) is 0.711. The van der Waals surface area contributed by atoms with Crippen LogP contribution in [0.2, 0.25) is 0 Å². The first-order chi connectivity index (χ1) is 9.52. The predicted octanol–water partition coefficient (Wildman–Crippen LogP) is 2.44. The normalized spacial score (nSPS) is 17.3. The van der Waals surface area contributed by atoms with E-state index in [9.17, 15) is 14.7 Å². The van der Waals surface area contributed by atoms with E-state index in [1.54, 1.807) is 10.8 Å². The van der Waals surface area contributed by atoms with Gasteiger partial charge in [-0.15, -0.1) is 0 Å². The highest BCUT2D eigenvalue weighted by molar-refractivity contribution is 5.97. The number of Topliss-reactive ketones (excluding diaryl/α,β-unsaturated/α-hetero) is 1. The Hall–Kier alpha value is -1.62. The standard InChI is InChI=1S/C15H22N2O3/c1-3-6-16-7-4-13(5-8-16)17-10-12(11(2)18)9-14(17)15(19)20/h9-10,13H,3-8H2,1-2H3,(H,19,20). The number of rotatable bonds is 5. The lowest BCUT2D eigenvalue weighted by molar-refractivity contribution is 0.0678. The van der Waals surface area contributed by atoms with Gasteiger partial charge in [-0.2, -0.15) is 0 Å². The Morgan fingerprint density at radius 3 is 2.50 bits per heavy atom. The molecule has 0 amide bonds. The molecule has 20 heavy (non-hydrogen) atoms. The van der Waals surface area contributed by atoms with Gasteiger partial charge in [0.1, 0.15) is 5.69 Å². The van der Waals surface area contributed by atoms with Crippen molar-refractivity contribution in [3.63, 3.8) is 0 Å². The number of piperidine rings is 1. The van der Waals surface area contributed by atoms with Crippen LogP contribution in [0.25, 0.3) is 0 Å². The monoisotopic (exact) mass is 278 g/mol. The maximum atomic E-state index is 11.4. The van der Waals surface area contributed by atoms with Crippen LogP contribution in [-0.4, -0.2) is 46.0 Å². The van der Waals surface area contributed by atoms with Gasteiger partial charge in [0.25, 0.3) is 0 Å². The Labute approximate surface area is 119 Å². The number of carbonyl (C=O) groups excluding carboxylic acids is 1. The van der Waals surface area contributed by atoms with Crippen molar-refractivity contribution in [2.75, 3.05) is 19.6 Å². The second-order valence-electron chi connectivity index (χ2n) is 5.46. The number of aromatic carboxylic acids is 1. The number of hydrogen-bond acceptors (Lipinski definition) is 3. The zero-order valence-electron chi connectivity index (χ0n) is 12.1. The summed E-state index contributed by atoms with van der Waals surface area (Å²) < 4.78 is 1.78. The summed E-state index contributed by atoms with van der Waals surface area (Å²) in [5, 5.41) is 9.29. The van der Waals surface area contributed by atoms with Gasteiger partial charge in [0.15, 0.2) is 5.78 Å². The van der Waals surface area contributed by atoms with E-state index >= 15 is 0 Å². The lowest BCUT2D eigenvalue weighted by Gasteiger charge is -2.33. The minimum atomic E-state index is -0.964. The van der Waals surface area contributed by atoms with Gasteiger partial charge in [0, 0.05) is 30.9 Å². The molecule has 0 bridgehead atoms. The number of hydrogen-bond donors (Lipinski definition) is 1. The Balaban J connectivity index is 2.16. The second kappa shape index (κ2) is 6.22. The third-order valence-corrected chi connectivity index (χ3v) is 3.96. The highest BCUT2D eigenvalue weighted by Gasteiger charge is 2.24. The molecule has 5 nitrogen and oxygen atoms in total. The summed E-state index contributed by atoms with van der Waals surface area (Å²) in [6.45, 7) is 6.72. The third kappa shape index (κ3) is 3.10. The van der Waals surface area contributed by atoms with Crippen LogP contribution < -0.4 is 0 Å². The van der Waals surface area contributed by atoms with Gasteiger partial charge in [-0.25, -0.2) is 4.79 Å². The molecule has 0 saturated carbocycles. The average molecular weight is 278 g/mol. The molecule has 0 aromatic carbocycles. The number of nitrogens with zero attached hydrogens (tertiary/aromatic N) is 2. The summed E-state index contributed by atoms with van der Waals surface area (Å²) in [6.07, 6.45) is 4.72. The van der Waals surface area contributed by atoms with Crippen molar-refractivity contribution >= 4 is 11.8 Å². The molecule has 2 rings (SSSR count). The maximum Gasteiger partial charge on any atom is 0.352 e. The molecular weight excluding hydrogens is 256 g/mol. The molecule has 1 aliphatic rings. The van der Waals surface area contributed by atoms with E-state index in [0.29, 0.717) is 5.56 Å². The molecule has 1 saturated heterocycles. The molecule has 0 atom stereocenters. The van der Waals surface area contributed by atoms with E-state index in [1.807, 2.05) is 0 Å². The Morgan fingerprint density at radius 1 is 1.35 bits per heavy atom. The molecule has 1 aromatic rings. The minimum Gasteiger partial charge on any atom is -0.477 e. The van der Waals surface area contributed by atoms with Crippen molar-refractivity contribution < 1.29 is 14.7 Å². The smallest absolute Gasteiger partial charge is 0.352 e. The maximum absolute atomic E-state index is 11.4. The quantitative estimate of drug-likeness (QED) is 0.840. The van der Waals surface area contributed by atoms with Crippen LogP contribution in [0.1, 0.15) is 60.0 Å². The Morgan fingerprint density at radius 2 is 2.00 bits per heavy atom. The van der Waals surface area contributed by atoms with Crippen molar-refractivity contribution in [2.24, 2.45) is 0 Å². The van der Waals surface area contributed by atoms with Crippen LogP contribution in [0.4, 0.5) is 0 Å². The molecule has 0 aliphatic carbocycles. The Kier molecular flexibility index (Phi) is 4.60. The van der Waals surface area contributed by atoms with Crippen molar-refractivity contribution in [3.05, 3.63) is 23.5 Å². The van der Waals surface area contributed by atoms with Gasteiger partial charge in [0.2, 0.25) is 0 Å². The minimum absolute atomic E-state index is 0.0883. The van der Waals surface area contributed by atoms with Gasteiger partial charge in [-0.3, -0.25) is 4.79 Å². The van der Waals surface area contributed by atoms with E-state index in [0.717, 1.165) is 38.9 Å². The van der Waals surface area contributed by atoms with Gasteiger partial charge >= 0.3 is 5.97 Å². The molecule has 1 aromatic heterocycles. The van der Waals surface area contributed by atoms with E-state index in [1.165, 1.54) is 13.0 Å². The van der Waals surface area contributed by atoms with Crippen molar-refractivity contribution in [3.8, 4) is 0 Å². The zero-order valence-corrected chi connectivity index (χ0v) is 12.1. The highest BCUT2D eigenvalue weighted by Crippen LogP contribution is 2.26. The van der Waals surface area contributed by atoms with Gasteiger partial charge in [-0.1, -0.05) is 6.92 Å². The first-order valence-electron chi connectivity index (χ1n) is 7.21. The molecule has 0 unspecified atom stereocenters. The molecule has 1 N–H and O–H groups in total. The molecule has 5 heteroatoms. The summed E-state index contributed by atoms with van der Waals surface area (Å²) in [6, 6.07) is 1.67. The first kappa shape index (κ1) is 14.8. The van der Waals surface area contributed by atoms with Crippen molar-refractivity contribution in [1.29, 1.82) is 0 Å². The van der Waals surface area contributed by atoms with Crippen molar-refractivity contribution in [1.82, 2.24) is 9.47 Å². The molecular formula is C15H22N2O3. The fourth-order valence-electron chi connectivity index (χ4n) is 2.88. The second-order valence-corrected chi connectivity index (χ2v) is 5.46. The summed E-state index contributed by atoms with van der Waals surface area (Å²) in [7, 11) is 0. The number of carbonyl (C=O) groups is 2. The summed E-state index contributed by atoms with van der Waals surface area (Å²) in [5.74, 6) is -1.05. The fourth-order valence-corrected chi connectivity index (χ4v) is 2.88. The zero-order chi connectivity index (χ0) is 14.7. The van der Waals surface area contributed by atoms with Gasteiger partial charge < -0.3 is 14.6 Å². The van der Waals surface area contributed by atoms with E-state index in [-0.39, 0.29) is 17.5 Å². The molecule has 1 fully saturated rings. The number of carboxylic acid groups (broad SMARTS) is 1. The molecule has 110 valence electrons. The van der Waals surface area contributed by atoms with Gasteiger partial charge in [-0.05, 0) is 38.8 Å². The SMILES string of the molecule is CCCN1CCC(n2cc(C(C)=O)cc2C(=O)O)CC1. The summed E-state index contributed by atoms with van der Waals surface area (Å²) in [4.78, 5) is 25.2. The van der Waals surface area contributed by atoms with Crippen LogP contribution in [-0.2, 0) is 0 Å². The number of likely N-dealkylation sites (tertiary alicyclic amines) is 1. The van der Waals surface area contributed by atoms with Crippen LogP contribution >= 0.6 is 0 Å². The number of ketones is 1. The van der Waals surface area contributed by atoms with Crippen LogP contribution in [0.15, 0.2) is 12.3 Å². The number of carboxylic acids is 1. The molecule has 1 aliphatic heterocycles. The topological polar surface area (TPSA) is 62.5 Å². The van der Waals surface area contributed by atoms with E-state index < -0.39 is 5.97 Å².